The maximum Gasteiger partial charge on any atom is 0.240 e. The van der Waals surface area contributed by atoms with Gasteiger partial charge in [-0.1, -0.05) is 48.2 Å². The van der Waals surface area contributed by atoms with Crippen LogP contribution in [0.25, 0.3) is 0 Å². The number of carbonyl (C=O) groups is 1. The van der Waals surface area contributed by atoms with Crippen molar-refractivity contribution in [2.24, 2.45) is 11.3 Å². The number of nitrogens with zero attached hydrogens (tertiary/aromatic N) is 6. The summed E-state index contributed by atoms with van der Waals surface area (Å²) >= 11 is 6.18. The fraction of sp³-hybridized carbons (Fsp3) is 0.656. The van der Waals surface area contributed by atoms with Crippen LogP contribution in [0.15, 0.2) is 41.4 Å². The molecule has 2 aromatic heterocycles. The number of benzene rings is 1. The molecule has 2 aliphatic carbocycles. The van der Waals surface area contributed by atoms with Crippen LogP contribution in [-0.2, 0) is 17.8 Å². The molecule has 1 aromatic carbocycles. The lowest BCUT2D eigenvalue weighted by molar-refractivity contribution is -0.137. The van der Waals surface area contributed by atoms with Gasteiger partial charge in [-0.05, 0) is 93.7 Å². The van der Waals surface area contributed by atoms with E-state index >= 15 is 0 Å². The highest BCUT2D eigenvalue weighted by Crippen LogP contribution is 2.47. The van der Waals surface area contributed by atoms with E-state index in [9.17, 15) is 4.79 Å². The first-order chi connectivity index (χ1) is 20.5. The van der Waals surface area contributed by atoms with Gasteiger partial charge in [-0.2, -0.15) is 10.1 Å². The van der Waals surface area contributed by atoms with Gasteiger partial charge >= 0.3 is 0 Å². The Kier molecular flexibility index (Phi) is 10.8. The summed E-state index contributed by atoms with van der Waals surface area (Å²) in [5, 5.41) is 13.0. The molecule has 0 spiro atoms. The third-order valence-electron chi connectivity index (χ3n) is 10.2. The second kappa shape index (κ2) is 14.5. The van der Waals surface area contributed by atoms with Gasteiger partial charge in [0.25, 0.3) is 0 Å². The first kappa shape index (κ1) is 31.9. The molecule has 3 heterocycles. The van der Waals surface area contributed by atoms with E-state index in [1.54, 1.807) is 6.33 Å². The lowest BCUT2D eigenvalue weighted by atomic mass is 9.63. The summed E-state index contributed by atoms with van der Waals surface area (Å²) in [4.78, 5) is 25.0. The van der Waals surface area contributed by atoms with Crippen molar-refractivity contribution in [1.29, 1.82) is 0 Å². The smallest absolute Gasteiger partial charge is 0.240 e. The lowest BCUT2D eigenvalue weighted by Gasteiger charge is -2.48. The van der Waals surface area contributed by atoms with Gasteiger partial charge in [0.05, 0.1) is 6.04 Å². The summed E-state index contributed by atoms with van der Waals surface area (Å²) in [7, 11) is 0. The minimum absolute atomic E-state index is 0. The maximum absolute atomic E-state index is 14.2. The van der Waals surface area contributed by atoms with Crippen LogP contribution in [0.2, 0.25) is 5.02 Å². The van der Waals surface area contributed by atoms with Crippen molar-refractivity contribution in [3.8, 4) is 0 Å². The molecule has 2 saturated carbocycles. The summed E-state index contributed by atoms with van der Waals surface area (Å²) < 4.78 is 7.47. The Hall–Kier alpha value is -2.49. The van der Waals surface area contributed by atoms with E-state index < -0.39 is 0 Å². The summed E-state index contributed by atoms with van der Waals surface area (Å²) in [5.41, 5.74) is 1.30. The third-order valence-corrected chi connectivity index (χ3v) is 10.4. The molecule has 0 bridgehead atoms. The topological polar surface area (TPSA) is 102 Å². The molecule has 3 aliphatic rings. The summed E-state index contributed by atoms with van der Waals surface area (Å²) in [6, 6.07) is 7.93. The molecule has 3 aromatic rings. The van der Waals surface area contributed by atoms with Gasteiger partial charge in [0, 0.05) is 36.6 Å². The van der Waals surface area contributed by atoms with Crippen LogP contribution in [0.4, 0.5) is 0 Å². The van der Waals surface area contributed by atoms with Crippen molar-refractivity contribution < 1.29 is 9.32 Å². The summed E-state index contributed by atoms with van der Waals surface area (Å²) in [6.45, 7) is 4.36. The molecule has 234 valence electrons. The number of aryl methyl sites for hydroxylation is 1. The van der Waals surface area contributed by atoms with E-state index in [4.69, 9.17) is 16.1 Å². The van der Waals surface area contributed by atoms with Crippen LogP contribution in [0.5, 0.6) is 0 Å². The second-order valence-corrected chi connectivity index (χ2v) is 13.3. The molecule has 1 saturated heterocycles. The number of likely N-dealkylation sites (tertiary alicyclic amines) is 1. The Balaban J connectivity index is 0.00000368. The first-order valence-corrected chi connectivity index (χ1v) is 16.3. The Morgan fingerprint density at radius 1 is 1.07 bits per heavy atom. The zero-order valence-electron chi connectivity index (χ0n) is 25.2. The molecule has 0 radical (unpaired) electrons. The van der Waals surface area contributed by atoms with Crippen molar-refractivity contribution >= 4 is 29.9 Å². The van der Waals surface area contributed by atoms with Crippen molar-refractivity contribution in [3.05, 3.63) is 59.2 Å². The number of halogens is 2. The predicted molar refractivity (Wildman–Crippen MR) is 168 cm³/mol. The van der Waals surface area contributed by atoms with Gasteiger partial charge in [0.1, 0.15) is 12.7 Å². The molecule has 1 atom stereocenters. The molecular formula is C32H45Cl2N7O2. The van der Waals surface area contributed by atoms with Crippen LogP contribution < -0.4 is 5.32 Å². The van der Waals surface area contributed by atoms with Gasteiger partial charge in [-0.15, -0.1) is 12.4 Å². The molecule has 1 N–H and O–H groups in total. The molecule has 1 amide bonds. The summed E-state index contributed by atoms with van der Waals surface area (Å²) in [5.74, 6) is 2.65. The van der Waals surface area contributed by atoms with Gasteiger partial charge in [0.2, 0.25) is 11.8 Å². The standard InChI is InChI=1S/C32H44ClN7O2.ClH/c1-23-36-30(42-38-23)25-9-13-28(14-10-25)37-29(19-24-7-11-27(33)12-8-24)31(41)39-17-15-32(16-18-39,20-40-22-34-21-35-40)26-5-3-2-4-6-26;/h7-8,11-12,21-22,25-26,28-29,37H,2-6,9-10,13-20H2,1H3;1H/t25?,28?,29-;/m1./s1. The molecule has 9 nitrogen and oxygen atoms in total. The van der Waals surface area contributed by atoms with Gasteiger partial charge in [-0.3, -0.25) is 9.48 Å². The molecule has 0 unspecified atom stereocenters. The Labute approximate surface area is 265 Å². The number of rotatable bonds is 9. The number of amides is 1. The highest BCUT2D eigenvalue weighted by Gasteiger charge is 2.44. The zero-order chi connectivity index (χ0) is 28.9. The molecule has 6 rings (SSSR count). The Morgan fingerprint density at radius 2 is 1.79 bits per heavy atom. The highest BCUT2D eigenvalue weighted by atomic mass is 35.5. The van der Waals surface area contributed by atoms with E-state index in [1.165, 1.54) is 32.1 Å². The van der Waals surface area contributed by atoms with Crippen LogP contribution >= 0.6 is 24.0 Å². The highest BCUT2D eigenvalue weighted by molar-refractivity contribution is 6.30. The number of hydrogen-bond acceptors (Lipinski definition) is 7. The Bertz CT molecular complexity index is 1280. The monoisotopic (exact) mass is 629 g/mol. The zero-order valence-corrected chi connectivity index (χ0v) is 26.7. The average Bonchev–Trinajstić information content (AvgIpc) is 3.70. The van der Waals surface area contributed by atoms with Crippen molar-refractivity contribution in [2.75, 3.05) is 13.1 Å². The minimum atomic E-state index is -0.268. The first-order valence-electron chi connectivity index (χ1n) is 15.9. The lowest BCUT2D eigenvalue weighted by Crippen LogP contribution is -2.55. The normalized spacial score (nSPS) is 23.4. The number of hydrogen-bond donors (Lipinski definition) is 1. The quantitative estimate of drug-likeness (QED) is 0.302. The molecule has 1 aliphatic heterocycles. The van der Waals surface area contributed by atoms with E-state index in [1.807, 2.05) is 42.2 Å². The third kappa shape index (κ3) is 7.78. The van der Waals surface area contributed by atoms with Crippen molar-refractivity contribution in [1.82, 2.24) is 35.1 Å². The average molecular weight is 631 g/mol. The maximum atomic E-state index is 14.2. The largest absolute Gasteiger partial charge is 0.341 e. The predicted octanol–water partition coefficient (Wildman–Crippen LogP) is 6.16. The fourth-order valence-electron chi connectivity index (χ4n) is 7.78. The van der Waals surface area contributed by atoms with E-state index in [-0.39, 0.29) is 35.8 Å². The van der Waals surface area contributed by atoms with Gasteiger partial charge in [-0.25, -0.2) is 4.98 Å². The Morgan fingerprint density at radius 3 is 2.42 bits per heavy atom. The number of carbonyl (C=O) groups excluding carboxylic acids is 1. The minimum Gasteiger partial charge on any atom is -0.341 e. The van der Waals surface area contributed by atoms with Crippen LogP contribution in [-0.4, -0.2) is 60.9 Å². The van der Waals surface area contributed by atoms with Crippen LogP contribution in [0, 0.1) is 18.3 Å². The number of piperidine rings is 1. The van der Waals surface area contributed by atoms with E-state index in [2.05, 4.69) is 30.4 Å². The van der Waals surface area contributed by atoms with E-state index in [0.29, 0.717) is 29.1 Å². The van der Waals surface area contributed by atoms with E-state index in [0.717, 1.165) is 69.6 Å². The van der Waals surface area contributed by atoms with Crippen LogP contribution in [0.1, 0.15) is 93.8 Å². The van der Waals surface area contributed by atoms with Gasteiger partial charge < -0.3 is 14.7 Å². The SMILES string of the molecule is Cc1noc(C2CCC(N[C@H](Cc3ccc(Cl)cc3)C(=O)N3CCC(Cn4cncn4)(C4CCCCC4)CC3)CC2)n1.Cl. The van der Waals surface area contributed by atoms with Crippen molar-refractivity contribution in [2.45, 2.75) is 109 Å². The number of nitrogens with one attached hydrogen (secondary N) is 1. The molecule has 43 heavy (non-hydrogen) atoms. The summed E-state index contributed by atoms with van der Waals surface area (Å²) in [6.07, 6.45) is 16.7. The molecule has 3 fully saturated rings. The number of aromatic nitrogens is 5. The van der Waals surface area contributed by atoms with Crippen molar-refractivity contribution in [3.63, 3.8) is 0 Å². The molecule has 11 heteroatoms. The fourth-order valence-corrected chi connectivity index (χ4v) is 7.91. The second-order valence-electron chi connectivity index (χ2n) is 12.9. The van der Waals surface area contributed by atoms with Gasteiger partial charge in [0.15, 0.2) is 5.82 Å². The molecular weight excluding hydrogens is 585 g/mol. The van der Waals surface area contributed by atoms with Crippen LogP contribution in [0.3, 0.4) is 0 Å².